The van der Waals surface area contributed by atoms with E-state index >= 15 is 0 Å². The van der Waals surface area contributed by atoms with Gasteiger partial charge in [-0.25, -0.2) is 0 Å². The minimum atomic E-state index is -0.364. The molecule has 0 spiro atoms. The van der Waals surface area contributed by atoms with Gasteiger partial charge in [0.05, 0.1) is 6.10 Å². The molecule has 114 valence electrons. The van der Waals surface area contributed by atoms with Crippen LogP contribution in [0.25, 0.3) is 0 Å². The smallest absolute Gasteiger partial charge is 0.253 e. The third kappa shape index (κ3) is 3.36. The highest BCUT2D eigenvalue weighted by Gasteiger charge is 2.29. The largest absolute Gasteiger partial charge is 0.372 e. The van der Waals surface area contributed by atoms with Crippen molar-refractivity contribution in [3.8, 4) is 0 Å². The van der Waals surface area contributed by atoms with E-state index in [2.05, 4.69) is 22.3 Å². The van der Waals surface area contributed by atoms with Crippen LogP contribution in [-0.2, 0) is 9.53 Å². The summed E-state index contributed by atoms with van der Waals surface area (Å²) in [4.78, 5) is 14.5. The van der Waals surface area contributed by atoms with Gasteiger partial charge in [0.2, 0.25) is 0 Å². The van der Waals surface area contributed by atoms with Crippen molar-refractivity contribution < 1.29 is 9.53 Å². The standard InChI is InChI=1S/C16H23N3O2/c17-11-14-7-8-15(21-14)16(20)18-12-3-5-13(6-4-12)19-9-1-2-10-19/h3-6,14-15H,1-2,7-11,17H2,(H,18,20). The fourth-order valence-electron chi connectivity index (χ4n) is 3.03. The fourth-order valence-corrected chi connectivity index (χ4v) is 3.03. The van der Waals surface area contributed by atoms with E-state index in [4.69, 9.17) is 10.5 Å². The molecule has 0 bridgehead atoms. The van der Waals surface area contributed by atoms with Crippen molar-refractivity contribution in [1.82, 2.24) is 0 Å². The van der Waals surface area contributed by atoms with Crippen LogP contribution in [0.5, 0.6) is 0 Å². The molecule has 0 radical (unpaired) electrons. The van der Waals surface area contributed by atoms with E-state index in [1.54, 1.807) is 0 Å². The van der Waals surface area contributed by atoms with Crippen molar-refractivity contribution in [2.45, 2.75) is 37.9 Å². The number of carbonyl (C=O) groups excluding carboxylic acids is 1. The Bertz CT molecular complexity index is 483. The van der Waals surface area contributed by atoms with Gasteiger partial charge in [-0.05, 0) is 49.9 Å². The van der Waals surface area contributed by atoms with E-state index in [-0.39, 0.29) is 18.1 Å². The predicted molar refractivity (Wildman–Crippen MR) is 83.5 cm³/mol. The van der Waals surface area contributed by atoms with Gasteiger partial charge in [0, 0.05) is 31.0 Å². The van der Waals surface area contributed by atoms with E-state index in [1.807, 2.05) is 12.1 Å². The molecule has 2 aliphatic heterocycles. The Morgan fingerprint density at radius 2 is 1.95 bits per heavy atom. The van der Waals surface area contributed by atoms with Gasteiger partial charge in [0.15, 0.2) is 0 Å². The van der Waals surface area contributed by atoms with Crippen molar-refractivity contribution in [2.24, 2.45) is 5.73 Å². The third-order valence-corrected chi connectivity index (χ3v) is 4.27. The van der Waals surface area contributed by atoms with Gasteiger partial charge in [-0.2, -0.15) is 0 Å². The van der Waals surface area contributed by atoms with Gasteiger partial charge in [0.1, 0.15) is 6.10 Å². The van der Waals surface area contributed by atoms with Crippen LogP contribution < -0.4 is 16.0 Å². The zero-order chi connectivity index (χ0) is 14.7. The van der Waals surface area contributed by atoms with Gasteiger partial charge in [-0.1, -0.05) is 0 Å². The highest BCUT2D eigenvalue weighted by molar-refractivity contribution is 5.94. The molecule has 1 aromatic rings. The van der Waals surface area contributed by atoms with Gasteiger partial charge in [0.25, 0.3) is 5.91 Å². The molecule has 1 amide bonds. The van der Waals surface area contributed by atoms with E-state index < -0.39 is 0 Å². The Balaban J connectivity index is 1.56. The van der Waals surface area contributed by atoms with Crippen molar-refractivity contribution in [2.75, 3.05) is 29.9 Å². The summed E-state index contributed by atoms with van der Waals surface area (Å²) in [7, 11) is 0. The van der Waals surface area contributed by atoms with Crippen LogP contribution in [0.2, 0.25) is 0 Å². The lowest BCUT2D eigenvalue weighted by atomic mass is 10.2. The predicted octanol–water partition coefficient (Wildman–Crippen LogP) is 1.73. The van der Waals surface area contributed by atoms with Crippen molar-refractivity contribution in [3.63, 3.8) is 0 Å². The first-order valence-corrected chi connectivity index (χ1v) is 7.77. The molecule has 3 N–H and O–H groups in total. The Labute approximate surface area is 125 Å². The van der Waals surface area contributed by atoms with Crippen LogP contribution in [0.4, 0.5) is 11.4 Å². The number of amides is 1. The molecule has 2 unspecified atom stereocenters. The minimum absolute atomic E-state index is 0.0262. The number of ether oxygens (including phenoxy) is 1. The molecule has 5 nitrogen and oxygen atoms in total. The lowest BCUT2D eigenvalue weighted by Crippen LogP contribution is -2.29. The molecule has 3 rings (SSSR count). The number of hydrogen-bond acceptors (Lipinski definition) is 4. The van der Waals surface area contributed by atoms with Crippen LogP contribution in [0.1, 0.15) is 25.7 Å². The normalized spacial score (nSPS) is 25.3. The Hall–Kier alpha value is -1.59. The van der Waals surface area contributed by atoms with E-state index in [0.717, 1.165) is 31.6 Å². The SMILES string of the molecule is NCC1CCC(C(=O)Nc2ccc(N3CCCC3)cc2)O1. The molecule has 2 atom stereocenters. The zero-order valence-corrected chi connectivity index (χ0v) is 12.3. The van der Waals surface area contributed by atoms with Crippen molar-refractivity contribution in [1.29, 1.82) is 0 Å². The average molecular weight is 289 g/mol. The molecule has 2 fully saturated rings. The Kier molecular flexibility index (Phi) is 4.41. The summed E-state index contributed by atoms with van der Waals surface area (Å²) < 4.78 is 5.60. The number of benzene rings is 1. The second-order valence-corrected chi connectivity index (χ2v) is 5.79. The first kappa shape index (κ1) is 14.4. The highest BCUT2D eigenvalue weighted by atomic mass is 16.5. The maximum Gasteiger partial charge on any atom is 0.253 e. The van der Waals surface area contributed by atoms with Gasteiger partial charge < -0.3 is 20.7 Å². The fraction of sp³-hybridized carbons (Fsp3) is 0.562. The van der Waals surface area contributed by atoms with E-state index in [1.165, 1.54) is 18.5 Å². The Morgan fingerprint density at radius 3 is 2.57 bits per heavy atom. The quantitative estimate of drug-likeness (QED) is 0.886. The van der Waals surface area contributed by atoms with Crippen LogP contribution in [0.3, 0.4) is 0 Å². The van der Waals surface area contributed by atoms with E-state index in [0.29, 0.717) is 6.54 Å². The van der Waals surface area contributed by atoms with Crippen LogP contribution >= 0.6 is 0 Å². The summed E-state index contributed by atoms with van der Waals surface area (Å²) in [6.45, 7) is 2.73. The summed E-state index contributed by atoms with van der Waals surface area (Å²) in [5.74, 6) is -0.0696. The van der Waals surface area contributed by atoms with Crippen LogP contribution in [-0.4, -0.2) is 37.7 Å². The summed E-state index contributed by atoms with van der Waals surface area (Å²) >= 11 is 0. The zero-order valence-electron chi connectivity index (χ0n) is 12.3. The summed E-state index contributed by atoms with van der Waals surface area (Å²) in [5, 5.41) is 2.92. The molecule has 1 aromatic carbocycles. The average Bonchev–Trinajstić information content (AvgIpc) is 3.19. The molecule has 0 saturated carbocycles. The third-order valence-electron chi connectivity index (χ3n) is 4.27. The second-order valence-electron chi connectivity index (χ2n) is 5.79. The second kappa shape index (κ2) is 6.45. The first-order chi connectivity index (χ1) is 10.3. The van der Waals surface area contributed by atoms with Gasteiger partial charge in [-0.15, -0.1) is 0 Å². The molecular weight excluding hydrogens is 266 g/mol. The van der Waals surface area contributed by atoms with Gasteiger partial charge in [-0.3, -0.25) is 4.79 Å². The number of nitrogens with one attached hydrogen (secondary N) is 1. The van der Waals surface area contributed by atoms with Gasteiger partial charge >= 0.3 is 0 Å². The molecule has 2 aliphatic rings. The summed E-state index contributed by atoms with van der Waals surface area (Å²) in [5.41, 5.74) is 7.61. The highest BCUT2D eigenvalue weighted by Crippen LogP contribution is 2.23. The minimum Gasteiger partial charge on any atom is -0.372 e. The molecule has 21 heavy (non-hydrogen) atoms. The number of rotatable bonds is 4. The maximum absolute atomic E-state index is 12.1. The first-order valence-electron chi connectivity index (χ1n) is 7.77. The van der Waals surface area contributed by atoms with Crippen molar-refractivity contribution in [3.05, 3.63) is 24.3 Å². The lowest BCUT2D eigenvalue weighted by molar-refractivity contribution is -0.126. The van der Waals surface area contributed by atoms with Crippen LogP contribution in [0, 0.1) is 0 Å². The number of nitrogens with zero attached hydrogens (tertiary/aromatic N) is 1. The number of carbonyl (C=O) groups is 1. The summed E-state index contributed by atoms with van der Waals surface area (Å²) in [6.07, 6.45) is 3.80. The molecule has 0 aliphatic carbocycles. The monoisotopic (exact) mass is 289 g/mol. The molecule has 2 saturated heterocycles. The lowest BCUT2D eigenvalue weighted by Gasteiger charge is -2.18. The van der Waals surface area contributed by atoms with Crippen molar-refractivity contribution >= 4 is 17.3 Å². The molecule has 5 heteroatoms. The topological polar surface area (TPSA) is 67.6 Å². The summed E-state index contributed by atoms with van der Waals surface area (Å²) in [6, 6.07) is 8.06. The molecular formula is C16H23N3O2. The number of anilines is 2. The maximum atomic E-state index is 12.1. The molecule has 0 aromatic heterocycles. The van der Waals surface area contributed by atoms with Crippen LogP contribution in [0.15, 0.2) is 24.3 Å². The number of hydrogen-bond donors (Lipinski definition) is 2. The Morgan fingerprint density at radius 1 is 1.24 bits per heavy atom. The number of nitrogens with two attached hydrogens (primary N) is 1. The van der Waals surface area contributed by atoms with E-state index in [9.17, 15) is 4.79 Å². The molecule has 2 heterocycles.